The first-order chi connectivity index (χ1) is 12.3. The van der Waals surface area contributed by atoms with Gasteiger partial charge in [0.15, 0.2) is 6.61 Å². The van der Waals surface area contributed by atoms with Gasteiger partial charge in [0, 0.05) is 12.1 Å². The number of non-ortho nitro benzene ring substituents is 1. The maximum atomic E-state index is 11.8. The number of rotatable bonds is 6. The van der Waals surface area contributed by atoms with Crippen molar-refractivity contribution >= 4 is 33.7 Å². The van der Waals surface area contributed by atoms with Gasteiger partial charge in [-0.15, -0.1) is 0 Å². The van der Waals surface area contributed by atoms with E-state index in [1.807, 2.05) is 26.0 Å². The van der Waals surface area contributed by atoms with Crippen molar-refractivity contribution in [3.05, 3.63) is 61.6 Å². The lowest BCUT2D eigenvalue weighted by Crippen LogP contribution is -2.25. The fourth-order valence-electron chi connectivity index (χ4n) is 2.18. The second kappa shape index (κ2) is 8.43. The van der Waals surface area contributed by atoms with Gasteiger partial charge >= 0.3 is 0 Å². The van der Waals surface area contributed by atoms with Gasteiger partial charge in [0.1, 0.15) is 5.75 Å². The molecule has 2 aromatic rings. The quantitative estimate of drug-likeness (QED) is 0.437. The van der Waals surface area contributed by atoms with Crippen LogP contribution < -0.4 is 15.3 Å². The number of amides is 1. The highest BCUT2D eigenvalue weighted by atomic mass is 79.9. The molecule has 0 heterocycles. The van der Waals surface area contributed by atoms with E-state index in [1.165, 1.54) is 0 Å². The fraction of sp³-hybridized carbons (Fsp3) is 0.176. The summed E-state index contributed by atoms with van der Waals surface area (Å²) in [7, 11) is 0. The predicted molar refractivity (Wildman–Crippen MR) is 97.4 cm³/mol. The molecular formula is C17H15BrN3O5-. The molecule has 26 heavy (non-hydrogen) atoms. The van der Waals surface area contributed by atoms with Crippen molar-refractivity contribution in [2.45, 2.75) is 13.8 Å². The molecule has 0 aliphatic rings. The van der Waals surface area contributed by atoms with Crippen molar-refractivity contribution in [1.29, 1.82) is 0 Å². The topological polar surface area (TPSA) is 117 Å². The van der Waals surface area contributed by atoms with Gasteiger partial charge in [-0.1, -0.05) is 17.9 Å². The lowest BCUT2D eigenvalue weighted by molar-refractivity contribution is -0.385. The van der Waals surface area contributed by atoms with Crippen molar-refractivity contribution in [2.75, 3.05) is 6.61 Å². The van der Waals surface area contributed by atoms with Gasteiger partial charge in [-0.2, -0.15) is 5.10 Å². The average Bonchev–Trinajstić information content (AvgIpc) is 2.55. The van der Waals surface area contributed by atoms with E-state index in [0.29, 0.717) is 5.75 Å². The first kappa shape index (κ1) is 19.4. The molecule has 1 amide bonds. The number of ether oxygens (including phenoxy) is 1. The molecule has 0 radical (unpaired) electrons. The zero-order valence-corrected chi connectivity index (χ0v) is 15.6. The number of halogens is 1. The summed E-state index contributed by atoms with van der Waals surface area (Å²) in [6.07, 6.45) is 1.06. The summed E-state index contributed by atoms with van der Waals surface area (Å²) in [4.78, 5) is 21.9. The standard InChI is InChI=1S/C17H16BrN3O5/c1-10-5-11(2)17(14(18)6-10)26-9-16(23)20-19-8-12-7-13(21(24)25)3-4-15(12)22/h3-8,22H,9H2,1-2H3,(H,20,23)/p-1. The normalized spacial score (nSPS) is 10.7. The Hall–Kier alpha value is -2.94. The number of benzene rings is 2. The first-order valence-corrected chi connectivity index (χ1v) is 8.24. The molecule has 1 N–H and O–H groups in total. The van der Waals surface area contributed by atoms with E-state index in [4.69, 9.17) is 4.74 Å². The maximum Gasteiger partial charge on any atom is 0.277 e. The number of nitrogens with zero attached hydrogens (tertiary/aromatic N) is 2. The van der Waals surface area contributed by atoms with Crippen LogP contribution in [0.3, 0.4) is 0 Å². The minimum Gasteiger partial charge on any atom is -0.872 e. The summed E-state index contributed by atoms with van der Waals surface area (Å²) in [5.74, 6) is -0.426. The SMILES string of the molecule is Cc1cc(C)c(OCC(=O)NN=Cc2cc([N+](=O)[O-])ccc2[O-])c(Br)c1. The Morgan fingerprint density at radius 2 is 2.08 bits per heavy atom. The third kappa shape index (κ3) is 5.03. The Balaban J connectivity index is 1.96. The molecule has 136 valence electrons. The fourth-order valence-corrected chi connectivity index (χ4v) is 2.97. The van der Waals surface area contributed by atoms with Crippen molar-refractivity contribution in [1.82, 2.24) is 5.43 Å². The molecule has 2 rings (SSSR count). The molecule has 2 aromatic carbocycles. The van der Waals surface area contributed by atoms with Gasteiger partial charge in [-0.25, -0.2) is 5.43 Å². The molecular weight excluding hydrogens is 406 g/mol. The molecule has 8 nitrogen and oxygen atoms in total. The number of hydrogen-bond acceptors (Lipinski definition) is 6. The van der Waals surface area contributed by atoms with E-state index >= 15 is 0 Å². The van der Waals surface area contributed by atoms with E-state index in [9.17, 15) is 20.0 Å². The van der Waals surface area contributed by atoms with Gasteiger partial charge in [0.05, 0.1) is 15.6 Å². The largest absolute Gasteiger partial charge is 0.872 e. The van der Waals surface area contributed by atoms with Gasteiger partial charge in [0.25, 0.3) is 11.6 Å². The van der Waals surface area contributed by atoms with E-state index in [2.05, 4.69) is 26.5 Å². The minimum atomic E-state index is -0.620. The summed E-state index contributed by atoms with van der Waals surface area (Å²) >= 11 is 3.38. The van der Waals surface area contributed by atoms with E-state index < -0.39 is 16.6 Å². The molecule has 0 fully saturated rings. The molecule has 0 bridgehead atoms. The highest BCUT2D eigenvalue weighted by Crippen LogP contribution is 2.30. The number of aryl methyl sites for hydroxylation is 2. The van der Waals surface area contributed by atoms with Crippen LogP contribution in [-0.2, 0) is 4.79 Å². The molecule has 0 spiro atoms. The highest BCUT2D eigenvalue weighted by molar-refractivity contribution is 9.10. The van der Waals surface area contributed by atoms with Crippen LogP contribution in [0.25, 0.3) is 0 Å². The van der Waals surface area contributed by atoms with Crippen LogP contribution in [0.15, 0.2) is 39.9 Å². The summed E-state index contributed by atoms with van der Waals surface area (Å²) in [6, 6.07) is 7.06. The van der Waals surface area contributed by atoms with Crippen LogP contribution in [0, 0.1) is 24.0 Å². The number of carbonyl (C=O) groups excluding carboxylic acids is 1. The van der Waals surface area contributed by atoms with Crippen molar-refractivity contribution < 1.29 is 19.6 Å². The van der Waals surface area contributed by atoms with Crippen LogP contribution in [0.2, 0.25) is 0 Å². The Labute approximate surface area is 157 Å². The summed E-state index contributed by atoms with van der Waals surface area (Å²) < 4.78 is 6.21. The van der Waals surface area contributed by atoms with E-state index in [0.717, 1.165) is 40.0 Å². The highest BCUT2D eigenvalue weighted by Gasteiger charge is 2.09. The zero-order chi connectivity index (χ0) is 19.3. The average molecular weight is 421 g/mol. The summed E-state index contributed by atoms with van der Waals surface area (Å²) in [6.45, 7) is 3.53. The molecule has 9 heteroatoms. The molecule has 0 atom stereocenters. The van der Waals surface area contributed by atoms with Crippen molar-refractivity contribution in [2.24, 2.45) is 5.10 Å². The molecule has 0 unspecified atom stereocenters. The second-order valence-corrected chi connectivity index (χ2v) is 6.31. The number of hydrazone groups is 1. The van der Waals surface area contributed by atoms with Gasteiger partial charge < -0.3 is 9.84 Å². The number of carbonyl (C=O) groups is 1. The third-order valence-electron chi connectivity index (χ3n) is 3.32. The number of nitro benzene ring substituents is 1. The van der Waals surface area contributed by atoms with Crippen LogP contribution in [0.4, 0.5) is 5.69 Å². The molecule has 0 aliphatic heterocycles. The number of nitrogens with one attached hydrogen (secondary N) is 1. The third-order valence-corrected chi connectivity index (χ3v) is 3.91. The van der Waals surface area contributed by atoms with Crippen LogP contribution in [0.1, 0.15) is 16.7 Å². The van der Waals surface area contributed by atoms with Crippen molar-refractivity contribution in [3.8, 4) is 11.5 Å². The second-order valence-electron chi connectivity index (χ2n) is 5.45. The van der Waals surface area contributed by atoms with Gasteiger partial charge in [-0.3, -0.25) is 14.9 Å². The Kier molecular flexibility index (Phi) is 6.29. The zero-order valence-electron chi connectivity index (χ0n) is 14.0. The molecule has 0 aromatic heterocycles. The smallest absolute Gasteiger partial charge is 0.277 e. The molecule has 0 aliphatic carbocycles. The molecule has 0 saturated carbocycles. The van der Waals surface area contributed by atoms with Gasteiger partial charge in [0.2, 0.25) is 0 Å². The van der Waals surface area contributed by atoms with Crippen LogP contribution >= 0.6 is 15.9 Å². The minimum absolute atomic E-state index is 0.00228. The van der Waals surface area contributed by atoms with E-state index in [-0.39, 0.29) is 17.9 Å². The van der Waals surface area contributed by atoms with Gasteiger partial charge in [-0.05, 0) is 52.5 Å². The lowest BCUT2D eigenvalue weighted by Gasteiger charge is -2.11. The summed E-state index contributed by atoms with van der Waals surface area (Å²) in [5, 5.41) is 26.0. The Morgan fingerprint density at radius 1 is 1.35 bits per heavy atom. The number of nitro groups is 1. The number of hydrogen-bond donors (Lipinski definition) is 1. The summed E-state index contributed by atoms with van der Waals surface area (Å²) in [5.41, 5.74) is 3.90. The Morgan fingerprint density at radius 3 is 2.73 bits per heavy atom. The molecule has 0 saturated heterocycles. The predicted octanol–water partition coefficient (Wildman–Crippen LogP) is 2.58. The lowest BCUT2D eigenvalue weighted by atomic mass is 10.1. The Bertz CT molecular complexity index is 860. The van der Waals surface area contributed by atoms with E-state index in [1.54, 1.807) is 0 Å². The van der Waals surface area contributed by atoms with Crippen molar-refractivity contribution in [3.63, 3.8) is 0 Å². The monoisotopic (exact) mass is 420 g/mol. The maximum absolute atomic E-state index is 11.8. The van der Waals surface area contributed by atoms with Crippen LogP contribution in [-0.4, -0.2) is 23.7 Å². The first-order valence-electron chi connectivity index (χ1n) is 7.45. The van der Waals surface area contributed by atoms with Crippen LogP contribution in [0.5, 0.6) is 11.5 Å².